The largest absolute Gasteiger partial charge is 0.496 e. The molecule has 1 rings (SSSR count). The number of nitrogens with two attached hydrogens (primary N) is 1. The summed E-state index contributed by atoms with van der Waals surface area (Å²) in [5.74, 6) is 2.14. The molecule has 0 bridgehead atoms. The Kier molecular flexibility index (Phi) is 4.63. The van der Waals surface area contributed by atoms with Crippen LogP contribution in [0.1, 0.15) is 20.3 Å². The second-order valence-electron chi connectivity index (χ2n) is 4.45. The highest BCUT2D eigenvalue weighted by molar-refractivity contribution is 5.42. The summed E-state index contributed by atoms with van der Waals surface area (Å²) < 4.78 is 16.3. The van der Waals surface area contributed by atoms with E-state index in [0.29, 0.717) is 18.0 Å². The highest BCUT2D eigenvalue weighted by Gasteiger charge is 2.19. The van der Waals surface area contributed by atoms with E-state index >= 15 is 0 Å². The van der Waals surface area contributed by atoms with E-state index < -0.39 is 0 Å². The lowest BCUT2D eigenvalue weighted by molar-refractivity contribution is 0.102. The van der Waals surface area contributed by atoms with Gasteiger partial charge in [-0.05, 0) is 26.8 Å². The SMILES string of the molecule is COc1cc(OC)cc(OC(C)(C)CCN)c1. The third-order valence-corrected chi connectivity index (χ3v) is 2.47. The maximum Gasteiger partial charge on any atom is 0.127 e. The molecule has 2 N–H and O–H groups in total. The molecule has 0 saturated heterocycles. The van der Waals surface area contributed by atoms with E-state index in [1.54, 1.807) is 14.2 Å². The Balaban J connectivity index is 2.89. The van der Waals surface area contributed by atoms with E-state index in [1.807, 2.05) is 32.0 Å². The van der Waals surface area contributed by atoms with Crippen molar-refractivity contribution < 1.29 is 14.2 Å². The molecule has 1 aromatic rings. The second-order valence-corrected chi connectivity index (χ2v) is 4.45. The smallest absolute Gasteiger partial charge is 0.127 e. The molecule has 0 aromatic heterocycles. The molecular formula is C13H21NO3. The van der Waals surface area contributed by atoms with Crippen molar-refractivity contribution in [3.63, 3.8) is 0 Å². The summed E-state index contributed by atoms with van der Waals surface area (Å²) in [5.41, 5.74) is 5.25. The fraction of sp³-hybridized carbons (Fsp3) is 0.538. The summed E-state index contributed by atoms with van der Waals surface area (Å²) in [6.45, 7) is 4.60. The molecular weight excluding hydrogens is 218 g/mol. The predicted octanol–water partition coefficient (Wildman–Crippen LogP) is 2.21. The van der Waals surface area contributed by atoms with Crippen molar-refractivity contribution in [2.75, 3.05) is 20.8 Å². The van der Waals surface area contributed by atoms with Crippen molar-refractivity contribution in [1.29, 1.82) is 0 Å². The standard InChI is InChI=1S/C13H21NO3/c1-13(2,5-6-14)17-12-8-10(15-3)7-11(9-12)16-4/h7-9H,5-6,14H2,1-4H3. The van der Waals surface area contributed by atoms with Crippen molar-refractivity contribution in [3.8, 4) is 17.2 Å². The van der Waals surface area contributed by atoms with Gasteiger partial charge in [0.15, 0.2) is 0 Å². The molecule has 0 aliphatic rings. The summed E-state index contributed by atoms with van der Waals surface area (Å²) >= 11 is 0. The van der Waals surface area contributed by atoms with Gasteiger partial charge in [0.25, 0.3) is 0 Å². The first kappa shape index (κ1) is 13.6. The molecule has 0 spiro atoms. The molecule has 17 heavy (non-hydrogen) atoms. The van der Waals surface area contributed by atoms with Gasteiger partial charge in [-0.2, -0.15) is 0 Å². The molecule has 0 amide bonds. The molecule has 0 heterocycles. The molecule has 1 aromatic carbocycles. The third kappa shape index (κ3) is 4.15. The average molecular weight is 239 g/mol. The topological polar surface area (TPSA) is 53.7 Å². The summed E-state index contributed by atoms with van der Waals surface area (Å²) in [4.78, 5) is 0. The first-order valence-electron chi connectivity index (χ1n) is 5.63. The number of benzene rings is 1. The Morgan fingerprint density at radius 2 is 1.47 bits per heavy atom. The van der Waals surface area contributed by atoms with Crippen LogP contribution in [0.15, 0.2) is 18.2 Å². The monoisotopic (exact) mass is 239 g/mol. The Bertz CT molecular complexity index is 341. The number of hydrogen-bond donors (Lipinski definition) is 1. The lowest BCUT2D eigenvalue weighted by atomic mass is 10.1. The highest BCUT2D eigenvalue weighted by Crippen LogP contribution is 2.30. The lowest BCUT2D eigenvalue weighted by Gasteiger charge is -2.26. The molecule has 96 valence electrons. The first-order chi connectivity index (χ1) is 8.00. The normalized spacial score (nSPS) is 11.1. The Morgan fingerprint density at radius 3 is 1.88 bits per heavy atom. The molecule has 4 heteroatoms. The van der Waals surface area contributed by atoms with Gasteiger partial charge in [-0.3, -0.25) is 0 Å². The van der Waals surface area contributed by atoms with Crippen molar-refractivity contribution in [2.45, 2.75) is 25.9 Å². The Labute approximate surface area is 103 Å². The summed E-state index contributed by atoms with van der Waals surface area (Å²) in [6, 6.07) is 5.48. The number of rotatable bonds is 6. The van der Waals surface area contributed by atoms with Crippen LogP contribution in [0.5, 0.6) is 17.2 Å². The molecule has 0 unspecified atom stereocenters. The predicted molar refractivity (Wildman–Crippen MR) is 67.9 cm³/mol. The third-order valence-electron chi connectivity index (χ3n) is 2.47. The number of hydrogen-bond acceptors (Lipinski definition) is 4. The second kappa shape index (κ2) is 5.77. The van der Waals surface area contributed by atoms with Crippen LogP contribution in [0.4, 0.5) is 0 Å². The minimum absolute atomic E-state index is 0.299. The zero-order valence-electron chi connectivity index (χ0n) is 10.9. The molecule has 0 fully saturated rings. The van der Waals surface area contributed by atoms with Crippen LogP contribution in [0.3, 0.4) is 0 Å². The van der Waals surface area contributed by atoms with Crippen LogP contribution in [-0.2, 0) is 0 Å². The summed E-state index contributed by atoms with van der Waals surface area (Å²) in [6.07, 6.45) is 0.784. The van der Waals surface area contributed by atoms with Gasteiger partial charge in [-0.15, -0.1) is 0 Å². The first-order valence-corrected chi connectivity index (χ1v) is 5.63. The highest BCUT2D eigenvalue weighted by atomic mass is 16.5. The van der Waals surface area contributed by atoms with Gasteiger partial charge in [0, 0.05) is 18.2 Å². The van der Waals surface area contributed by atoms with Crippen LogP contribution in [0.25, 0.3) is 0 Å². The molecule has 0 aliphatic heterocycles. The van der Waals surface area contributed by atoms with Gasteiger partial charge >= 0.3 is 0 Å². The maximum absolute atomic E-state index is 5.89. The lowest BCUT2D eigenvalue weighted by Crippen LogP contribution is -2.31. The fourth-order valence-electron chi connectivity index (χ4n) is 1.56. The van der Waals surface area contributed by atoms with Crippen molar-refractivity contribution >= 4 is 0 Å². The number of ether oxygens (including phenoxy) is 3. The van der Waals surface area contributed by atoms with E-state index in [-0.39, 0.29) is 5.60 Å². The molecule has 0 saturated carbocycles. The Morgan fingerprint density at radius 1 is 1.00 bits per heavy atom. The number of methoxy groups -OCH3 is 2. The van der Waals surface area contributed by atoms with Gasteiger partial charge < -0.3 is 19.9 Å². The molecule has 0 radical (unpaired) electrons. The van der Waals surface area contributed by atoms with Crippen LogP contribution < -0.4 is 19.9 Å². The summed E-state index contributed by atoms with van der Waals surface area (Å²) in [5, 5.41) is 0. The Hall–Kier alpha value is -1.42. The van der Waals surface area contributed by atoms with Crippen LogP contribution >= 0.6 is 0 Å². The van der Waals surface area contributed by atoms with Gasteiger partial charge in [-0.25, -0.2) is 0 Å². The van der Waals surface area contributed by atoms with Crippen molar-refractivity contribution in [1.82, 2.24) is 0 Å². The van der Waals surface area contributed by atoms with Gasteiger partial charge in [-0.1, -0.05) is 0 Å². The van der Waals surface area contributed by atoms with Gasteiger partial charge in [0.05, 0.1) is 14.2 Å². The van der Waals surface area contributed by atoms with E-state index in [0.717, 1.165) is 12.2 Å². The average Bonchev–Trinajstić information content (AvgIpc) is 2.27. The van der Waals surface area contributed by atoms with E-state index in [2.05, 4.69) is 0 Å². The minimum atomic E-state index is -0.299. The van der Waals surface area contributed by atoms with Crippen LogP contribution in [-0.4, -0.2) is 26.4 Å². The van der Waals surface area contributed by atoms with E-state index in [1.165, 1.54) is 0 Å². The minimum Gasteiger partial charge on any atom is -0.496 e. The fourth-order valence-corrected chi connectivity index (χ4v) is 1.56. The van der Waals surface area contributed by atoms with Gasteiger partial charge in [0.2, 0.25) is 0 Å². The van der Waals surface area contributed by atoms with E-state index in [4.69, 9.17) is 19.9 Å². The zero-order valence-corrected chi connectivity index (χ0v) is 10.9. The molecule has 0 aliphatic carbocycles. The van der Waals surface area contributed by atoms with E-state index in [9.17, 15) is 0 Å². The molecule has 4 nitrogen and oxygen atoms in total. The van der Waals surface area contributed by atoms with Crippen molar-refractivity contribution in [3.05, 3.63) is 18.2 Å². The van der Waals surface area contributed by atoms with Crippen LogP contribution in [0, 0.1) is 0 Å². The maximum atomic E-state index is 5.89. The van der Waals surface area contributed by atoms with Gasteiger partial charge in [0.1, 0.15) is 22.8 Å². The summed E-state index contributed by atoms with van der Waals surface area (Å²) in [7, 11) is 3.23. The van der Waals surface area contributed by atoms with Crippen molar-refractivity contribution in [2.24, 2.45) is 5.73 Å². The van der Waals surface area contributed by atoms with Crippen LogP contribution in [0.2, 0.25) is 0 Å². The quantitative estimate of drug-likeness (QED) is 0.827. The zero-order chi connectivity index (χ0) is 12.9. The molecule has 0 atom stereocenters.